The van der Waals surface area contributed by atoms with Gasteiger partial charge in [0.1, 0.15) is 17.9 Å². The van der Waals surface area contributed by atoms with Crippen molar-refractivity contribution in [2.75, 3.05) is 6.61 Å². The highest BCUT2D eigenvalue weighted by Crippen LogP contribution is 2.34. The molecule has 0 aliphatic carbocycles. The van der Waals surface area contributed by atoms with Crippen LogP contribution in [0.4, 0.5) is 9.18 Å². The number of ether oxygens (including phenoxy) is 3. The van der Waals surface area contributed by atoms with Gasteiger partial charge in [-0.15, -0.1) is 0 Å². The lowest BCUT2D eigenvalue weighted by Crippen LogP contribution is -2.52. The van der Waals surface area contributed by atoms with Gasteiger partial charge in [0.05, 0.1) is 22.7 Å². The average molecular weight is 418 g/mol. The third kappa shape index (κ3) is 4.86. The second-order valence-electron chi connectivity index (χ2n) is 8.07. The SMILES string of the molecule is CC1OC(C)(C)N(C(=O)OC(C)(C)C)C1COc1cc(Cl)c(C(=O)O)cc1F. The molecule has 1 amide bonds. The number of hydrogen-bond donors (Lipinski definition) is 1. The first-order valence-corrected chi connectivity index (χ1v) is 9.16. The fraction of sp³-hybridized carbons (Fsp3) is 0.579. The zero-order valence-corrected chi connectivity index (χ0v) is 17.5. The smallest absolute Gasteiger partial charge is 0.413 e. The minimum absolute atomic E-state index is 0.0937. The van der Waals surface area contributed by atoms with Crippen LogP contribution in [-0.2, 0) is 9.47 Å². The van der Waals surface area contributed by atoms with Crippen LogP contribution in [-0.4, -0.2) is 52.1 Å². The molecular weight excluding hydrogens is 393 g/mol. The van der Waals surface area contributed by atoms with Gasteiger partial charge >= 0.3 is 12.1 Å². The molecule has 1 aromatic rings. The molecule has 1 fully saturated rings. The Morgan fingerprint density at radius 3 is 2.50 bits per heavy atom. The third-order valence-electron chi connectivity index (χ3n) is 4.18. The number of rotatable bonds is 4. The summed E-state index contributed by atoms with van der Waals surface area (Å²) in [5, 5.41) is 8.85. The maximum Gasteiger partial charge on any atom is 0.413 e. The molecule has 1 aliphatic rings. The Labute approximate surface area is 168 Å². The van der Waals surface area contributed by atoms with Gasteiger partial charge < -0.3 is 19.3 Å². The average Bonchev–Trinajstić information content (AvgIpc) is 2.74. The minimum Gasteiger partial charge on any atom is -0.488 e. The van der Waals surface area contributed by atoms with Crippen molar-refractivity contribution in [2.45, 2.75) is 65.0 Å². The molecule has 2 unspecified atom stereocenters. The number of amides is 1. The molecule has 0 saturated carbocycles. The van der Waals surface area contributed by atoms with Crippen molar-refractivity contribution in [3.63, 3.8) is 0 Å². The van der Waals surface area contributed by atoms with E-state index < -0.39 is 41.4 Å². The molecule has 2 rings (SSSR count). The normalized spacial score (nSPS) is 21.5. The van der Waals surface area contributed by atoms with E-state index in [1.807, 2.05) is 0 Å². The van der Waals surface area contributed by atoms with Gasteiger partial charge in [-0.2, -0.15) is 0 Å². The van der Waals surface area contributed by atoms with Crippen molar-refractivity contribution in [1.82, 2.24) is 4.90 Å². The molecule has 1 N–H and O–H groups in total. The molecule has 28 heavy (non-hydrogen) atoms. The largest absolute Gasteiger partial charge is 0.488 e. The Hall–Kier alpha value is -2.06. The summed E-state index contributed by atoms with van der Waals surface area (Å²) in [5.74, 6) is -2.42. The van der Waals surface area contributed by atoms with Gasteiger partial charge in [-0.25, -0.2) is 14.0 Å². The maximum absolute atomic E-state index is 14.2. The zero-order chi connectivity index (χ0) is 21.4. The molecule has 156 valence electrons. The molecule has 1 aliphatic heterocycles. The summed E-state index contributed by atoms with van der Waals surface area (Å²) in [6, 6.07) is 1.34. The second kappa shape index (κ2) is 7.75. The van der Waals surface area contributed by atoms with Crippen LogP contribution in [0.5, 0.6) is 5.75 Å². The molecule has 0 spiro atoms. The van der Waals surface area contributed by atoms with Gasteiger partial charge in [0.25, 0.3) is 0 Å². The van der Waals surface area contributed by atoms with Gasteiger partial charge in [0, 0.05) is 6.07 Å². The molecule has 9 heteroatoms. The number of carboxylic acids is 1. The Bertz CT molecular complexity index is 776. The maximum atomic E-state index is 14.2. The molecule has 7 nitrogen and oxygen atoms in total. The van der Waals surface area contributed by atoms with Gasteiger partial charge in [-0.05, 0) is 47.6 Å². The number of benzene rings is 1. The Kier molecular flexibility index (Phi) is 6.16. The summed E-state index contributed by atoms with van der Waals surface area (Å²) in [5.41, 5.74) is -2.00. The first-order chi connectivity index (χ1) is 12.7. The third-order valence-corrected chi connectivity index (χ3v) is 4.49. The quantitative estimate of drug-likeness (QED) is 0.785. The standard InChI is InChI=1S/C19H25ClFNO6/c1-10-14(22(19(5,6)27-10)17(25)28-18(2,3)4)9-26-15-8-12(20)11(16(23)24)7-13(15)21/h7-8,10,14H,9H2,1-6H3,(H,23,24). The van der Waals surface area contributed by atoms with Crippen LogP contribution in [0.25, 0.3) is 0 Å². The molecule has 1 saturated heterocycles. The van der Waals surface area contributed by atoms with Crippen LogP contribution in [0.15, 0.2) is 12.1 Å². The Balaban J connectivity index is 2.22. The van der Waals surface area contributed by atoms with Crippen molar-refractivity contribution in [3.05, 3.63) is 28.5 Å². The first kappa shape index (κ1) is 22.2. The summed E-state index contributed by atoms with van der Waals surface area (Å²) >= 11 is 5.88. The minimum atomic E-state index is -1.34. The van der Waals surface area contributed by atoms with Crippen molar-refractivity contribution in [3.8, 4) is 5.75 Å². The summed E-state index contributed by atoms with van der Waals surface area (Å²) in [7, 11) is 0. The lowest BCUT2D eigenvalue weighted by molar-refractivity contribution is -0.0760. The molecule has 1 heterocycles. The Morgan fingerprint density at radius 2 is 1.96 bits per heavy atom. The summed E-state index contributed by atoms with van der Waals surface area (Å²) in [6.45, 7) is 10.4. The monoisotopic (exact) mass is 417 g/mol. The second-order valence-corrected chi connectivity index (χ2v) is 8.47. The molecule has 1 aromatic carbocycles. The van der Waals surface area contributed by atoms with Crippen molar-refractivity contribution in [1.29, 1.82) is 0 Å². The highest BCUT2D eigenvalue weighted by Gasteiger charge is 2.50. The molecule has 2 atom stereocenters. The number of nitrogens with zero attached hydrogens (tertiary/aromatic N) is 1. The molecule has 0 radical (unpaired) electrons. The van der Waals surface area contributed by atoms with E-state index in [-0.39, 0.29) is 22.9 Å². The number of carbonyl (C=O) groups excluding carboxylic acids is 1. The number of carboxylic acid groups (broad SMARTS) is 1. The summed E-state index contributed by atoms with van der Waals surface area (Å²) in [6.07, 6.45) is -0.977. The number of hydrogen-bond acceptors (Lipinski definition) is 5. The molecule has 0 aromatic heterocycles. The van der Waals surface area contributed by atoms with Crippen molar-refractivity contribution < 1.29 is 33.3 Å². The highest BCUT2D eigenvalue weighted by molar-refractivity contribution is 6.33. The van der Waals surface area contributed by atoms with E-state index in [1.54, 1.807) is 41.5 Å². The van der Waals surface area contributed by atoms with Crippen LogP contribution < -0.4 is 4.74 Å². The zero-order valence-electron chi connectivity index (χ0n) is 16.7. The van der Waals surface area contributed by atoms with E-state index in [4.69, 9.17) is 30.9 Å². The van der Waals surface area contributed by atoms with Crippen molar-refractivity contribution in [2.24, 2.45) is 0 Å². The van der Waals surface area contributed by atoms with Crippen LogP contribution in [0.2, 0.25) is 5.02 Å². The number of halogens is 2. The van der Waals surface area contributed by atoms with E-state index in [1.165, 1.54) is 4.90 Å². The van der Waals surface area contributed by atoms with Crippen molar-refractivity contribution >= 4 is 23.7 Å². The van der Waals surface area contributed by atoms with Gasteiger partial charge in [0.15, 0.2) is 11.6 Å². The van der Waals surface area contributed by atoms with E-state index >= 15 is 0 Å². The summed E-state index contributed by atoms with van der Waals surface area (Å²) in [4.78, 5) is 25.1. The highest BCUT2D eigenvalue weighted by atomic mass is 35.5. The Morgan fingerprint density at radius 1 is 1.36 bits per heavy atom. The lowest BCUT2D eigenvalue weighted by Gasteiger charge is -2.35. The summed E-state index contributed by atoms with van der Waals surface area (Å²) < 4.78 is 31.1. The van der Waals surface area contributed by atoms with E-state index in [9.17, 15) is 14.0 Å². The van der Waals surface area contributed by atoms with Crippen LogP contribution in [0, 0.1) is 5.82 Å². The van der Waals surface area contributed by atoms with Crippen LogP contribution in [0.3, 0.4) is 0 Å². The number of carbonyl (C=O) groups is 2. The predicted octanol–water partition coefficient (Wildman–Crippen LogP) is 4.32. The van der Waals surface area contributed by atoms with E-state index in [0.29, 0.717) is 0 Å². The first-order valence-electron chi connectivity index (χ1n) is 8.78. The van der Waals surface area contributed by atoms with Crippen LogP contribution >= 0.6 is 11.6 Å². The lowest BCUT2D eigenvalue weighted by atomic mass is 10.1. The van der Waals surface area contributed by atoms with E-state index in [2.05, 4.69) is 0 Å². The fourth-order valence-corrected chi connectivity index (χ4v) is 3.29. The topological polar surface area (TPSA) is 85.3 Å². The van der Waals surface area contributed by atoms with Gasteiger partial charge in [0.2, 0.25) is 0 Å². The van der Waals surface area contributed by atoms with Gasteiger partial charge in [-0.3, -0.25) is 4.90 Å². The van der Waals surface area contributed by atoms with Crippen LogP contribution in [0.1, 0.15) is 51.9 Å². The fourth-order valence-electron chi connectivity index (χ4n) is 3.05. The molecular formula is C19H25ClFNO6. The molecule has 0 bridgehead atoms. The number of aromatic carboxylic acids is 1. The predicted molar refractivity (Wildman–Crippen MR) is 100 cm³/mol. The van der Waals surface area contributed by atoms with E-state index in [0.717, 1.165) is 12.1 Å². The van der Waals surface area contributed by atoms with Gasteiger partial charge in [-0.1, -0.05) is 11.6 Å².